The number of fused-ring (bicyclic) bond motifs is 1. The zero-order valence-electron chi connectivity index (χ0n) is 9.16. The van der Waals surface area contributed by atoms with E-state index in [9.17, 15) is 5.21 Å². The van der Waals surface area contributed by atoms with Gasteiger partial charge < -0.3 is 15.3 Å². The van der Waals surface area contributed by atoms with E-state index in [0.717, 1.165) is 0 Å². The molecule has 0 bridgehead atoms. The Kier molecular flexibility index (Phi) is 3.10. The highest BCUT2D eigenvalue weighted by Crippen LogP contribution is 2.16. The number of nitrogens with zero attached hydrogens (tertiary/aromatic N) is 4. The predicted octanol–water partition coefficient (Wildman–Crippen LogP) is 0.504. The molecule has 17 heavy (non-hydrogen) atoms. The number of imidazole rings is 1. The van der Waals surface area contributed by atoms with Crippen LogP contribution in [0.1, 0.15) is 6.92 Å². The van der Waals surface area contributed by atoms with Gasteiger partial charge in [-0.1, -0.05) is 0 Å². The molecule has 0 aliphatic rings. The van der Waals surface area contributed by atoms with Gasteiger partial charge in [0, 0.05) is 0 Å². The van der Waals surface area contributed by atoms with Gasteiger partial charge in [0.15, 0.2) is 11.2 Å². The molecule has 0 radical (unpaired) electrons. The third kappa shape index (κ3) is 2.28. The van der Waals surface area contributed by atoms with Crippen LogP contribution in [0.2, 0.25) is 0 Å². The minimum absolute atomic E-state index is 0.0897. The molecule has 0 spiro atoms. The van der Waals surface area contributed by atoms with Crippen molar-refractivity contribution in [2.75, 3.05) is 6.61 Å². The summed E-state index contributed by atoms with van der Waals surface area (Å²) in [5.74, 6) is 0.189. The highest BCUT2D eigenvalue weighted by molar-refractivity contribution is 5.79. The smallest absolute Gasteiger partial charge is 0.355 e. The first-order valence-corrected chi connectivity index (χ1v) is 4.94. The average molecular weight is 233 g/mol. The zero-order chi connectivity index (χ0) is 12.3. The maximum Gasteiger partial charge on any atom is 0.355 e. The lowest BCUT2D eigenvalue weighted by Crippen LogP contribution is -2.00. The molecule has 0 saturated heterocycles. The van der Waals surface area contributed by atoms with Gasteiger partial charge in [-0.15, -0.1) is 0 Å². The van der Waals surface area contributed by atoms with E-state index in [1.807, 2.05) is 0 Å². The van der Waals surface area contributed by atoms with Crippen LogP contribution in [0, 0.1) is 5.21 Å². The maximum atomic E-state index is 11.8. The first-order chi connectivity index (χ1) is 8.22. The van der Waals surface area contributed by atoms with Gasteiger partial charge in [-0.05, 0) is 23.6 Å². The molecular formula is C10H11N5O2. The molecule has 2 rings (SSSR count). The Bertz CT molecular complexity index is 587. The second-order valence-corrected chi connectivity index (χ2v) is 3.44. The monoisotopic (exact) mass is 233 g/mol. The molecule has 7 heteroatoms. The van der Waals surface area contributed by atoms with Gasteiger partial charge in [0.2, 0.25) is 6.33 Å². The van der Waals surface area contributed by atoms with Crippen molar-refractivity contribution in [1.29, 1.82) is 0 Å². The number of aliphatic hydroxyl groups is 1. The molecule has 0 aromatic carbocycles. The normalized spacial score (nSPS) is 13.3. The number of rotatable bonds is 3. The van der Waals surface area contributed by atoms with E-state index in [0.29, 0.717) is 21.5 Å². The van der Waals surface area contributed by atoms with Crippen LogP contribution in [0.3, 0.4) is 0 Å². The van der Waals surface area contributed by atoms with Crippen molar-refractivity contribution in [3.8, 4) is 0 Å². The van der Waals surface area contributed by atoms with Crippen LogP contribution in [0.5, 0.6) is 0 Å². The number of aromatic amines is 1. The fraction of sp³-hybridized carbons (Fsp3) is 0.200. The van der Waals surface area contributed by atoms with Gasteiger partial charge in [-0.2, -0.15) is 4.98 Å². The second kappa shape index (κ2) is 4.71. The topological polar surface area (TPSA) is 101 Å². The molecule has 88 valence electrons. The van der Waals surface area contributed by atoms with Crippen LogP contribution < -0.4 is 0 Å². The van der Waals surface area contributed by atoms with E-state index in [1.165, 1.54) is 24.9 Å². The highest BCUT2D eigenvalue weighted by atomic mass is 16.5. The van der Waals surface area contributed by atoms with E-state index >= 15 is 0 Å². The van der Waals surface area contributed by atoms with Crippen molar-refractivity contribution in [3.63, 3.8) is 0 Å². The molecular weight excluding hydrogens is 222 g/mol. The summed E-state index contributed by atoms with van der Waals surface area (Å²) in [7, 11) is 0. The Balaban J connectivity index is 2.43. The maximum absolute atomic E-state index is 11.8. The molecule has 2 heterocycles. The first-order valence-electron chi connectivity index (χ1n) is 4.94. The van der Waals surface area contributed by atoms with Crippen molar-refractivity contribution >= 4 is 23.2 Å². The third-order valence-corrected chi connectivity index (χ3v) is 2.16. The Morgan fingerprint density at radius 3 is 3.12 bits per heavy atom. The number of nitrogens with one attached hydrogen (secondary N) is 1. The van der Waals surface area contributed by atoms with Gasteiger partial charge in [0.05, 0.1) is 19.1 Å². The summed E-state index contributed by atoms with van der Waals surface area (Å²) in [5, 5.41) is 20.6. The number of aromatic nitrogens is 4. The van der Waals surface area contributed by atoms with Gasteiger partial charge in [0.25, 0.3) is 0 Å². The molecule has 0 atom stereocenters. The SMILES string of the molecule is CC(=CC=[N+]([O-])c1ncnc2nc[nH]c12)CO. The summed E-state index contributed by atoms with van der Waals surface area (Å²) in [5.41, 5.74) is 1.60. The molecule has 0 amide bonds. The van der Waals surface area contributed by atoms with Crippen LogP contribution in [-0.2, 0) is 0 Å². The average Bonchev–Trinajstić information content (AvgIpc) is 2.83. The first kappa shape index (κ1) is 11.2. The standard InChI is InChI=1S/C10H11N5O2/c1-7(4-16)2-3-15(17)10-8-9(12-5-11-8)13-6-14-10/h2-3,5-6,16H,4H2,1H3,(H,11,12,13,14). The highest BCUT2D eigenvalue weighted by Gasteiger charge is 2.12. The van der Waals surface area contributed by atoms with Crippen molar-refractivity contribution in [2.24, 2.45) is 0 Å². The number of hydrogen-bond acceptors (Lipinski definition) is 5. The summed E-state index contributed by atoms with van der Waals surface area (Å²) in [4.78, 5) is 14.5. The quantitative estimate of drug-likeness (QED) is 0.348. The summed E-state index contributed by atoms with van der Waals surface area (Å²) >= 11 is 0. The van der Waals surface area contributed by atoms with Crippen LogP contribution in [0.15, 0.2) is 24.3 Å². The largest absolute Gasteiger partial charge is 0.710 e. The molecule has 0 saturated carbocycles. The van der Waals surface area contributed by atoms with Gasteiger partial charge in [-0.25, -0.2) is 9.72 Å². The Hall–Kier alpha value is -2.28. The van der Waals surface area contributed by atoms with Crippen LogP contribution in [0.4, 0.5) is 5.82 Å². The van der Waals surface area contributed by atoms with Crippen LogP contribution in [0.25, 0.3) is 11.2 Å². The van der Waals surface area contributed by atoms with Crippen LogP contribution >= 0.6 is 0 Å². The Labute approximate surface area is 96.8 Å². The predicted molar refractivity (Wildman–Crippen MR) is 61.9 cm³/mol. The van der Waals surface area contributed by atoms with E-state index in [2.05, 4.69) is 19.9 Å². The van der Waals surface area contributed by atoms with E-state index < -0.39 is 0 Å². The van der Waals surface area contributed by atoms with Gasteiger partial charge >= 0.3 is 5.82 Å². The van der Waals surface area contributed by atoms with E-state index in [-0.39, 0.29) is 12.4 Å². The minimum atomic E-state index is -0.0897. The van der Waals surface area contributed by atoms with Gasteiger partial charge in [-0.3, -0.25) is 0 Å². The molecule has 7 nitrogen and oxygen atoms in total. The van der Waals surface area contributed by atoms with Crippen molar-refractivity contribution < 1.29 is 9.85 Å². The van der Waals surface area contributed by atoms with Crippen molar-refractivity contribution in [1.82, 2.24) is 19.9 Å². The number of allylic oxidation sites excluding steroid dienone is 1. The number of aliphatic hydroxyl groups excluding tert-OH is 1. The summed E-state index contributed by atoms with van der Waals surface area (Å²) in [6.07, 6.45) is 5.54. The van der Waals surface area contributed by atoms with E-state index in [4.69, 9.17) is 5.11 Å². The molecule has 0 fully saturated rings. The Morgan fingerprint density at radius 2 is 2.35 bits per heavy atom. The molecule has 2 aromatic heterocycles. The van der Waals surface area contributed by atoms with Gasteiger partial charge in [0.1, 0.15) is 0 Å². The lowest BCUT2D eigenvalue weighted by Gasteiger charge is -2.04. The molecule has 2 N–H and O–H groups in total. The number of hydrogen-bond donors (Lipinski definition) is 2. The lowest BCUT2D eigenvalue weighted by atomic mass is 10.3. The fourth-order valence-electron chi connectivity index (χ4n) is 1.24. The molecule has 0 unspecified atom stereocenters. The fourth-order valence-corrected chi connectivity index (χ4v) is 1.24. The van der Waals surface area contributed by atoms with Crippen molar-refractivity contribution in [2.45, 2.75) is 6.92 Å². The van der Waals surface area contributed by atoms with Crippen LogP contribution in [-0.4, -0.2) is 42.6 Å². The number of H-pyrrole nitrogens is 1. The molecule has 2 aromatic rings. The van der Waals surface area contributed by atoms with Crippen molar-refractivity contribution in [3.05, 3.63) is 29.5 Å². The summed E-state index contributed by atoms with van der Waals surface area (Å²) in [6.45, 7) is 1.63. The lowest BCUT2D eigenvalue weighted by molar-refractivity contribution is -0.357. The summed E-state index contributed by atoms with van der Waals surface area (Å²) < 4.78 is 0.599. The second-order valence-electron chi connectivity index (χ2n) is 3.44. The molecule has 0 aliphatic carbocycles. The molecule has 0 aliphatic heterocycles. The zero-order valence-corrected chi connectivity index (χ0v) is 9.16. The third-order valence-electron chi connectivity index (χ3n) is 2.16. The Morgan fingerprint density at radius 1 is 1.53 bits per heavy atom. The summed E-state index contributed by atoms with van der Waals surface area (Å²) in [6, 6.07) is 0. The minimum Gasteiger partial charge on any atom is -0.710 e. The van der Waals surface area contributed by atoms with E-state index in [1.54, 1.807) is 6.92 Å².